The molecule has 0 atom stereocenters. The van der Waals surface area contributed by atoms with E-state index < -0.39 is 0 Å². The summed E-state index contributed by atoms with van der Waals surface area (Å²) in [5.74, 6) is 1.68. The highest BCUT2D eigenvalue weighted by molar-refractivity contribution is 6.30. The molecule has 0 aliphatic heterocycles. The Balaban J connectivity index is 2.89. The van der Waals surface area contributed by atoms with Crippen LogP contribution in [0.5, 0.6) is 0 Å². The van der Waals surface area contributed by atoms with Gasteiger partial charge in [0.25, 0.3) is 0 Å². The van der Waals surface area contributed by atoms with Crippen LogP contribution in [0.4, 0.5) is 5.82 Å². The lowest BCUT2D eigenvalue weighted by Crippen LogP contribution is -2.20. The number of nitrogens with zero attached hydrogens (tertiary/aromatic N) is 2. The van der Waals surface area contributed by atoms with Crippen LogP contribution in [0.1, 0.15) is 45.5 Å². The van der Waals surface area contributed by atoms with E-state index in [0.717, 1.165) is 36.6 Å². The van der Waals surface area contributed by atoms with Gasteiger partial charge in [0, 0.05) is 18.5 Å². The molecule has 0 bridgehead atoms. The summed E-state index contributed by atoms with van der Waals surface area (Å²) in [4.78, 5) is 8.80. The number of aryl methyl sites for hydroxylation is 1. The fourth-order valence-electron chi connectivity index (χ4n) is 1.39. The number of hydrogen-bond acceptors (Lipinski definition) is 3. The Morgan fingerprint density at radius 3 is 2.41 bits per heavy atom. The maximum Gasteiger partial charge on any atom is 0.137 e. The highest BCUT2D eigenvalue weighted by Gasteiger charge is 2.13. The zero-order valence-corrected chi connectivity index (χ0v) is 12.1. The van der Waals surface area contributed by atoms with Crippen molar-refractivity contribution in [2.24, 2.45) is 5.41 Å². The SMILES string of the molecule is CCCc1nc(Cl)c(C)c(NCC(C)(C)C)n1. The first-order chi connectivity index (χ1) is 7.83. The molecule has 0 spiro atoms. The van der Waals surface area contributed by atoms with E-state index in [0.29, 0.717) is 5.15 Å². The van der Waals surface area contributed by atoms with E-state index in [1.54, 1.807) is 0 Å². The summed E-state index contributed by atoms with van der Waals surface area (Å²) in [6.45, 7) is 11.5. The van der Waals surface area contributed by atoms with Crippen molar-refractivity contribution in [3.05, 3.63) is 16.5 Å². The van der Waals surface area contributed by atoms with Gasteiger partial charge in [-0.05, 0) is 18.8 Å². The molecule has 0 radical (unpaired) electrons. The zero-order valence-electron chi connectivity index (χ0n) is 11.4. The average molecular weight is 256 g/mol. The van der Waals surface area contributed by atoms with Gasteiger partial charge in [-0.3, -0.25) is 0 Å². The Labute approximate surface area is 109 Å². The summed E-state index contributed by atoms with van der Waals surface area (Å²) < 4.78 is 0. The maximum atomic E-state index is 6.11. The molecule has 0 aliphatic carbocycles. The Bertz CT molecular complexity index is 383. The van der Waals surface area contributed by atoms with Gasteiger partial charge in [0.2, 0.25) is 0 Å². The first-order valence-corrected chi connectivity index (χ1v) is 6.48. The molecule has 3 nitrogen and oxygen atoms in total. The third kappa shape index (κ3) is 4.50. The number of anilines is 1. The number of nitrogens with one attached hydrogen (secondary N) is 1. The number of hydrogen-bond donors (Lipinski definition) is 1. The van der Waals surface area contributed by atoms with E-state index in [-0.39, 0.29) is 5.41 Å². The summed E-state index contributed by atoms with van der Waals surface area (Å²) in [7, 11) is 0. The summed E-state index contributed by atoms with van der Waals surface area (Å²) in [6.07, 6.45) is 1.89. The highest BCUT2D eigenvalue weighted by atomic mass is 35.5. The van der Waals surface area contributed by atoms with Crippen LogP contribution >= 0.6 is 11.6 Å². The maximum absolute atomic E-state index is 6.11. The van der Waals surface area contributed by atoms with Crippen LogP contribution in [0.2, 0.25) is 5.15 Å². The van der Waals surface area contributed by atoms with E-state index in [1.165, 1.54) is 0 Å². The summed E-state index contributed by atoms with van der Waals surface area (Å²) in [5.41, 5.74) is 1.14. The first-order valence-electron chi connectivity index (χ1n) is 6.10. The van der Waals surface area contributed by atoms with Gasteiger partial charge >= 0.3 is 0 Å². The van der Waals surface area contributed by atoms with Crippen LogP contribution in [-0.4, -0.2) is 16.5 Å². The van der Waals surface area contributed by atoms with E-state index in [2.05, 4.69) is 43.0 Å². The standard InChI is InChI=1S/C13H22ClN3/c1-6-7-10-16-11(14)9(2)12(17-10)15-8-13(3,4)5/h6-8H2,1-5H3,(H,15,16,17). The van der Waals surface area contributed by atoms with Crippen molar-refractivity contribution in [1.29, 1.82) is 0 Å². The Hall–Kier alpha value is -0.830. The molecular formula is C13H22ClN3. The molecule has 1 N–H and O–H groups in total. The predicted octanol–water partition coefficient (Wildman–Crippen LogP) is 3.85. The average Bonchev–Trinajstić information content (AvgIpc) is 2.20. The summed E-state index contributed by atoms with van der Waals surface area (Å²) in [5, 5.41) is 3.91. The largest absolute Gasteiger partial charge is 0.369 e. The van der Waals surface area contributed by atoms with Crippen LogP contribution < -0.4 is 5.32 Å². The van der Waals surface area contributed by atoms with Crippen LogP contribution in [0, 0.1) is 12.3 Å². The van der Waals surface area contributed by atoms with Gasteiger partial charge < -0.3 is 5.32 Å². The van der Waals surface area contributed by atoms with Gasteiger partial charge in [-0.1, -0.05) is 39.3 Å². The smallest absolute Gasteiger partial charge is 0.137 e. The second kappa shape index (κ2) is 5.67. The van der Waals surface area contributed by atoms with Crippen molar-refractivity contribution in [3.63, 3.8) is 0 Å². The third-order valence-corrected chi connectivity index (χ3v) is 2.76. The predicted molar refractivity (Wildman–Crippen MR) is 73.7 cm³/mol. The van der Waals surface area contributed by atoms with E-state index in [9.17, 15) is 0 Å². The van der Waals surface area contributed by atoms with Gasteiger partial charge in [0.15, 0.2) is 0 Å². The molecule has 0 unspecified atom stereocenters. The van der Waals surface area contributed by atoms with Gasteiger partial charge in [0.05, 0.1) is 0 Å². The van der Waals surface area contributed by atoms with Gasteiger partial charge in [-0.15, -0.1) is 0 Å². The molecule has 4 heteroatoms. The topological polar surface area (TPSA) is 37.8 Å². The Kier molecular flexibility index (Phi) is 4.75. The lowest BCUT2D eigenvalue weighted by molar-refractivity contribution is 0.442. The molecule has 0 amide bonds. The van der Waals surface area contributed by atoms with Crippen LogP contribution in [0.15, 0.2) is 0 Å². The van der Waals surface area contributed by atoms with Crippen LogP contribution in [-0.2, 0) is 6.42 Å². The Morgan fingerprint density at radius 2 is 1.88 bits per heavy atom. The summed E-state index contributed by atoms with van der Waals surface area (Å²) >= 11 is 6.11. The molecular weight excluding hydrogens is 234 g/mol. The van der Waals surface area contributed by atoms with Crippen molar-refractivity contribution in [2.75, 3.05) is 11.9 Å². The van der Waals surface area contributed by atoms with E-state index in [4.69, 9.17) is 11.6 Å². The molecule has 0 aromatic carbocycles. The van der Waals surface area contributed by atoms with Crippen LogP contribution in [0.25, 0.3) is 0 Å². The minimum atomic E-state index is 0.217. The molecule has 0 fully saturated rings. The number of halogens is 1. The molecule has 1 rings (SSSR count). The molecule has 0 saturated heterocycles. The van der Waals surface area contributed by atoms with Crippen LogP contribution in [0.3, 0.4) is 0 Å². The van der Waals surface area contributed by atoms with Crippen molar-refractivity contribution in [2.45, 2.75) is 47.5 Å². The first kappa shape index (κ1) is 14.2. The molecule has 17 heavy (non-hydrogen) atoms. The monoisotopic (exact) mass is 255 g/mol. The number of rotatable bonds is 4. The fraction of sp³-hybridized carbons (Fsp3) is 0.692. The lowest BCUT2D eigenvalue weighted by Gasteiger charge is -2.20. The van der Waals surface area contributed by atoms with Crippen molar-refractivity contribution >= 4 is 17.4 Å². The van der Waals surface area contributed by atoms with Crippen molar-refractivity contribution in [3.8, 4) is 0 Å². The minimum absolute atomic E-state index is 0.217. The highest BCUT2D eigenvalue weighted by Crippen LogP contribution is 2.22. The summed E-state index contributed by atoms with van der Waals surface area (Å²) in [6, 6.07) is 0. The molecule has 0 saturated carbocycles. The molecule has 1 aromatic heterocycles. The van der Waals surface area contributed by atoms with Crippen molar-refractivity contribution in [1.82, 2.24) is 9.97 Å². The normalized spacial score (nSPS) is 11.6. The minimum Gasteiger partial charge on any atom is -0.369 e. The molecule has 1 aromatic rings. The van der Waals surface area contributed by atoms with E-state index in [1.807, 2.05) is 6.92 Å². The van der Waals surface area contributed by atoms with E-state index >= 15 is 0 Å². The fourth-order valence-corrected chi connectivity index (χ4v) is 1.58. The lowest BCUT2D eigenvalue weighted by atomic mass is 9.97. The van der Waals surface area contributed by atoms with Gasteiger partial charge in [-0.2, -0.15) is 0 Å². The third-order valence-electron chi connectivity index (χ3n) is 2.39. The van der Waals surface area contributed by atoms with Gasteiger partial charge in [-0.25, -0.2) is 9.97 Å². The molecule has 0 aliphatic rings. The quantitative estimate of drug-likeness (QED) is 0.831. The second-order valence-corrected chi connectivity index (χ2v) is 5.93. The van der Waals surface area contributed by atoms with Crippen molar-refractivity contribution < 1.29 is 0 Å². The Morgan fingerprint density at radius 1 is 1.24 bits per heavy atom. The zero-order chi connectivity index (χ0) is 13.1. The van der Waals surface area contributed by atoms with Gasteiger partial charge in [0.1, 0.15) is 16.8 Å². The second-order valence-electron chi connectivity index (χ2n) is 5.57. The molecule has 1 heterocycles. The number of aromatic nitrogens is 2. The molecule has 96 valence electrons.